The number of para-hydroxylation sites is 1. The fourth-order valence-corrected chi connectivity index (χ4v) is 8.50. The predicted octanol–water partition coefficient (Wildman–Crippen LogP) is -3.04. The van der Waals surface area contributed by atoms with Gasteiger partial charge >= 0.3 is 17.9 Å². The van der Waals surface area contributed by atoms with Crippen LogP contribution in [-0.4, -0.2) is 175 Å². The molecule has 8 atom stereocenters. The Morgan fingerprint density at radius 2 is 0.988 bits per heavy atom. The van der Waals surface area contributed by atoms with E-state index < -0.39 is 152 Å². The second-order valence-corrected chi connectivity index (χ2v) is 20.1. The smallest absolute Gasteiger partial charge is 0.322 e. The topological polar surface area (TPSA) is 512 Å². The van der Waals surface area contributed by atoms with E-state index in [1.807, 2.05) is 5.32 Å². The largest absolute Gasteiger partial charge is 0.508 e. The zero-order valence-corrected chi connectivity index (χ0v) is 46.5. The fourth-order valence-electron chi connectivity index (χ4n) is 8.50. The van der Waals surface area contributed by atoms with Gasteiger partial charge < -0.3 is 95.4 Å². The molecule has 4 aromatic rings. The molecule has 85 heavy (non-hydrogen) atoms. The molecule has 0 aliphatic carbocycles. The van der Waals surface area contributed by atoms with E-state index in [1.54, 1.807) is 44.3 Å². The summed E-state index contributed by atoms with van der Waals surface area (Å²) >= 11 is 0. The number of nitrogens with zero attached hydrogens (tertiary/aromatic N) is 1. The molecule has 460 valence electrons. The second-order valence-electron chi connectivity index (χ2n) is 20.1. The molecule has 0 unspecified atom stereocenters. The average molecular weight is 1190 g/mol. The molecule has 0 aliphatic heterocycles. The highest BCUT2D eigenvalue weighted by Crippen LogP contribution is 2.21. The number of aliphatic hydroxyl groups is 1. The van der Waals surface area contributed by atoms with Crippen molar-refractivity contribution in [1.82, 2.24) is 47.5 Å². The number of carbonyl (C=O) groups excluding carboxylic acids is 8. The lowest BCUT2D eigenvalue weighted by molar-refractivity contribution is -0.139. The van der Waals surface area contributed by atoms with Gasteiger partial charge in [-0.25, -0.2) is 0 Å². The standard InChI is InChI=1S/C55H73N13O17/c1-28(2)46(68-47(78)35(56)17-19-43(72)73)54(85)63-38(18-20-44(74)75)50(81)64-40(23-30-11-15-33(71)16-12-30)52(83)66-41(24-31-25-60-36-7-4-3-6-34(31)36)53(84)65-39(22-29-9-13-32(70)14-10-29)51(82)62-37(8-5-21-59-55(57)58)49(80)67-42(27-69)48(79)61-26-45(76)77/h3-4,6-7,9-16,25,28,35,37-42,46,60,69-71H,5,8,17-24,26-27,56H2,1-2H3,(H,61,79)(H,62,82)(H,63,85)(H,64,81)(H,65,84)(H,66,83)(H,67,80)(H,68,78)(H,72,73)(H,74,75)(H,76,77)(H4,57,58,59)/t35-,37-,38-,39-,40-,41-,42-,46-/m0/s1. The summed E-state index contributed by atoms with van der Waals surface area (Å²) < 4.78 is 0. The maximum atomic E-state index is 15.0. The maximum absolute atomic E-state index is 15.0. The molecule has 21 N–H and O–H groups in total. The second kappa shape index (κ2) is 33.3. The predicted molar refractivity (Wildman–Crippen MR) is 303 cm³/mol. The molecular weight excluding hydrogens is 1110 g/mol. The summed E-state index contributed by atoms with van der Waals surface area (Å²) in [5, 5.41) is 78.3. The minimum atomic E-state index is -1.69. The lowest BCUT2D eigenvalue weighted by Crippen LogP contribution is -2.61. The molecular formula is C55H73N13O17. The summed E-state index contributed by atoms with van der Waals surface area (Å²) in [5.74, 6) is -13.4. The van der Waals surface area contributed by atoms with Crippen LogP contribution in [0.3, 0.4) is 0 Å². The van der Waals surface area contributed by atoms with Crippen molar-refractivity contribution < 1.29 is 83.4 Å². The normalized spacial score (nSPS) is 13.8. The molecule has 1 heterocycles. The summed E-state index contributed by atoms with van der Waals surface area (Å²) in [4.78, 5) is 154. The summed E-state index contributed by atoms with van der Waals surface area (Å²) in [7, 11) is 0. The molecule has 30 nitrogen and oxygen atoms in total. The number of benzene rings is 3. The Morgan fingerprint density at radius 3 is 1.48 bits per heavy atom. The van der Waals surface area contributed by atoms with E-state index in [2.05, 4.69) is 47.2 Å². The van der Waals surface area contributed by atoms with Crippen molar-refractivity contribution in [2.75, 3.05) is 19.7 Å². The van der Waals surface area contributed by atoms with E-state index in [0.29, 0.717) is 27.6 Å². The number of carbonyl (C=O) groups is 11. The third-order valence-corrected chi connectivity index (χ3v) is 13.1. The van der Waals surface area contributed by atoms with Gasteiger partial charge in [-0.1, -0.05) is 56.3 Å². The first-order chi connectivity index (χ1) is 40.2. The van der Waals surface area contributed by atoms with Crippen molar-refractivity contribution in [2.45, 2.75) is 120 Å². The number of phenols is 2. The number of nitrogens with two attached hydrogens (primary N) is 3. The molecule has 0 saturated carbocycles. The number of H-pyrrole nitrogens is 1. The molecule has 30 heteroatoms. The zero-order chi connectivity index (χ0) is 62.9. The number of guanidine groups is 1. The van der Waals surface area contributed by atoms with Crippen molar-refractivity contribution in [3.8, 4) is 11.5 Å². The number of nitrogens with one attached hydrogen (secondary N) is 9. The van der Waals surface area contributed by atoms with Gasteiger partial charge in [0.2, 0.25) is 47.3 Å². The lowest BCUT2D eigenvalue weighted by atomic mass is 9.99. The number of aliphatic carboxylic acids is 3. The number of aliphatic hydroxyl groups excluding tert-OH is 1. The Bertz CT molecular complexity index is 3020. The van der Waals surface area contributed by atoms with Gasteiger partial charge in [-0.2, -0.15) is 0 Å². The van der Waals surface area contributed by atoms with Crippen LogP contribution in [0.15, 0.2) is 84.0 Å². The number of carboxylic acid groups (broad SMARTS) is 3. The highest BCUT2D eigenvalue weighted by Gasteiger charge is 2.36. The van der Waals surface area contributed by atoms with Crippen LogP contribution in [0.5, 0.6) is 11.5 Å². The monoisotopic (exact) mass is 1190 g/mol. The molecule has 1 aromatic heterocycles. The van der Waals surface area contributed by atoms with Crippen molar-refractivity contribution in [3.63, 3.8) is 0 Å². The summed E-state index contributed by atoms with van der Waals surface area (Å²) in [6.45, 7) is 1.19. The van der Waals surface area contributed by atoms with Crippen molar-refractivity contribution in [2.24, 2.45) is 28.1 Å². The van der Waals surface area contributed by atoms with Crippen molar-refractivity contribution >= 4 is 82.0 Å². The van der Waals surface area contributed by atoms with Crippen LogP contribution in [0.1, 0.15) is 69.1 Å². The minimum Gasteiger partial charge on any atom is -0.508 e. The van der Waals surface area contributed by atoms with Gasteiger partial charge in [-0.15, -0.1) is 0 Å². The van der Waals surface area contributed by atoms with Gasteiger partial charge in [0.15, 0.2) is 5.96 Å². The van der Waals surface area contributed by atoms with E-state index in [0.717, 1.165) is 0 Å². The van der Waals surface area contributed by atoms with Crippen molar-refractivity contribution in [3.05, 3.63) is 95.7 Å². The Kier molecular flexibility index (Phi) is 26.5. The number of aromatic nitrogens is 1. The first-order valence-electron chi connectivity index (χ1n) is 26.8. The van der Waals surface area contributed by atoms with Gasteiger partial charge in [0, 0.05) is 55.7 Å². The van der Waals surface area contributed by atoms with E-state index in [9.17, 15) is 68.4 Å². The van der Waals surface area contributed by atoms with Gasteiger partial charge in [0.25, 0.3) is 0 Å². The minimum absolute atomic E-state index is 0.0386. The van der Waals surface area contributed by atoms with Gasteiger partial charge in [0.1, 0.15) is 60.3 Å². The quantitative estimate of drug-likeness (QED) is 0.0124. The third kappa shape index (κ3) is 22.8. The molecule has 0 bridgehead atoms. The van der Waals surface area contributed by atoms with Crippen molar-refractivity contribution in [1.29, 1.82) is 0 Å². The number of fused-ring (bicyclic) bond motifs is 1. The van der Waals surface area contributed by atoms with Crippen LogP contribution in [0.25, 0.3) is 10.9 Å². The van der Waals surface area contributed by atoms with Crippen LogP contribution < -0.4 is 59.7 Å². The van der Waals surface area contributed by atoms with E-state index in [4.69, 9.17) is 27.4 Å². The van der Waals surface area contributed by atoms with E-state index in [1.165, 1.54) is 48.5 Å². The third-order valence-electron chi connectivity index (χ3n) is 13.1. The Labute approximate surface area is 486 Å². The van der Waals surface area contributed by atoms with E-state index >= 15 is 4.79 Å². The fraction of sp³-hybridized carbons (Fsp3) is 0.418. The SMILES string of the molecule is CC(C)[C@H](NC(=O)[C@@H](N)CCC(=O)O)C(=O)N[C@@H](CCC(=O)O)C(=O)N[C@@H](Cc1ccc(O)cc1)C(=O)N[C@@H](Cc1c[nH]c2ccccc12)C(=O)N[C@@H](Cc1ccc(O)cc1)C(=O)N[C@@H](CCCN=C(N)N)C(=O)N[C@@H](CO)C(=O)NCC(=O)O. The number of aromatic amines is 1. The average Bonchev–Trinajstić information content (AvgIpc) is 3.67. The highest BCUT2D eigenvalue weighted by atomic mass is 16.4. The number of phenolic OH excluding ortho intramolecular Hbond substituents is 2. The molecule has 3 aromatic carbocycles. The molecule has 0 fully saturated rings. The van der Waals surface area contributed by atoms with Gasteiger partial charge in [-0.05, 0) is 78.6 Å². The zero-order valence-electron chi connectivity index (χ0n) is 46.5. The molecule has 0 spiro atoms. The Hall–Kier alpha value is -9.84. The first-order valence-corrected chi connectivity index (χ1v) is 26.8. The summed E-state index contributed by atoms with van der Waals surface area (Å²) in [6.07, 6.45) is -1.53. The van der Waals surface area contributed by atoms with Crippen LogP contribution in [0, 0.1) is 5.92 Å². The number of hydrogen-bond donors (Lipinski definition) is 18. The number of hydrogen-bond acceptors (Lipinski definition) is 16. The number of rotatable bonds is 35. The number of aromatic hydroxyl groups is 2. The van der Waals surface area contributed by atoms with Gasteiger partial charge in [-0.3, -0.25) is 57.7 Å². The maximum Gasteiger partial charge on any atom is 0.322 e. The van der Waals surface area contributed by atoms with Crippen LogP contribution >= 0.6 is 0 Å². The van der Waals surface area contributed by atoms with E-state index in [-0.39, 0.29) is 62.5 Å². The van der Waals surface area contributed by atoms with Gasteiger partial charge in [0.05, 0.1) is 12.6 Å². The molecule has 8 amide bonds. The number of aliphatic imine (C=N–C) groups is 1. The molecule has 0 radical (unpaired) electrons. The molecule has 4 rings (SSSR count). The summed E-state index contributed by atoms with van der Waals surface area (Å²) in [6, 6.07) is 5.34. The Morgan fingerprint density at radius 1 is 0.529 bits per heavy atom. The summed E-state index contributed by atoms with van der Waals surface area (Å²) in [5.41, 5.74) is 18.7. The number of carboxylic acids is 3. The lowest BCUT2D eigenvalue weighted by Gasteiger charge is -2.28. The molecule has 0 saturated heterocycles. The number of amides is 8. The first kappa shape index (κ1) is 67.7. The van der Waals surface area contributed by atoms with Crippen LogP contribution in [0.4, 0.5) is 0 Å². The highest BCUT2D eigenvalue weighted by molar-refractivity contribution is 5.99. The molecule has 0 aliphatic rings. The van der Waals surface area contributed by atoms with Crippen LogP contribution in [-0.2, 0) is 72.0 Å². The Balaban J connectivity index is 1.76. The van der Waals surface area contributed by atoms with Crippen LogP contribution in [0.2, 0.25) is 0 Å².